The molecule has 0 radical (unpaired) electrons. The molecule has 1 N–H and O–H groups in total. The molecule has 7 heteroatoms. The standard InChI is InChI=1S/C24H20ClN3O2S/c1-15-11-12-17(13-19(15)25)26-22(29)14-31-24-27-20-9-5-4-8-18(20)23(30)28(24)21-10-6-3-7-16(21)2/h3-13H,14H2,1-2H3,(H,26,29). The van der Waals surface area contributed by atoms with Gasteiger partial charge in [0, 0.05) is 10.7 Å². The second kappa shape index (κ2) is 8.96. The third kappa shape index (κ3) is 4.50. The Bertz CT molecular complexity index is 1350. The summed E-state index contributed by atoms with van der Waals surface area (Å²) >= 11 is 7.36. The number of fused-ring (bicyclic) bond motifs is 1. The molecule has 5 nitrogen and oxygen atoms in total. The lowest BCUT2D eigenvalue weighted by Gasteiger charge is -2.15. The monoisotopic (exact) mass is 449 g/mol. The normalized spacial score (nSPS) is 10.9. The highest BCUT2D eigenvalue weighted by Gasteiger charge is 2.16. The van der Waals surface area contributed by atoms with E-state index >= 15 is 0 Å². The van der Waals surface area contributed by atoms with Crippen LogP contribution in [0, 0.1) is 13.8 Å². The van der Waals surface area contributed by atoms with Crippen LogP contribution in [-0.2, 0) is 4.79 Å². The van der Waals surface area contributed by atoms with E-state index in [9.17, 15) is 9.59 Å². The topological polar surface area (TPSA) is 64.0 Å². The number of aryl methyl sites for hydroxylation is 2. The van der Waals surface area contributed by atoms with E-state index in [1.807, 2.05) is 56.3 Å². The minimum atomic E-state index is -0.205. The lowest BCUT2D eigenvalue weighted by atomic mass is 10.2. The molecule has 4 rings (SSSR count). The predicted molar refractivity (Wildman–Crippen MR) is 128 cm³/mol. The molecule has 0 aliphatic rings. The number of rotatable bonds is 5. The minimum Gasteiger partial charge on any atom is -0.325 e. The number of aromatic nitrogens is 2. The van der Waals surface area contributed by atoms with Crippen LogP contribution in [-0.4, -0.2) is 21.2 Å². The van der Waals surface area contributed by atoms with Gasteiger partial charge in [-0.1, -0.05) is 59.8 Å². The number of nitrogens with zero attached hydrogens (tertiary/aromatic N) is 2. The average molecular weight is 450 g/mol. The number of amides is 1. The molecule has 1 aromatic heterocycles. The molecular formula is C24H20ClN3O2S. The van der Waals surface area contributed by atoms with Gasteiger partial charge in [-0.3, -0.25) is 14.2 Å². The first-order valence-corrected chi connectivity index (χ1v) is 11.1. The Hall–Kier alpha value is -3.09. The number of anilines is 1. The summed E-state index contributed by atoms with van der Waals surface area (Å²) in [4.78, 5) is 30.5. The van der Waals surface area contributed by atoms with E-state index < -0.39 is 0 Å². The van der Waals surface area contributed by atoms with Gasteiger partial charge in [-0.05, 0) is 55.3 Å². The van der Waals surface area contributed by atoms with E-state index in [2.05, 4.69) is 10.3 Å². The fourth-order valence-electron chi connectivity index (χ4n) is 3.23. The number of carbonyl (C=O) groups is 1. The molecule has 31 heavy (non-hydrogen) atoms. The molecule has 0 atom stereocenters. The minimum absolute atomic E-state index is 0.0994. The molecule has 1 heterocycles. The van der Waals surface area contributed by atoms with E-state index in [0.29, 0.717) is 26.8 Å². The van der Waals surface area contributed by atoms with Gasteiger partial charge in [0.05, 0.1) is 22.3 Å². The summed E-state index contributed by atoms with van der Waals surface area (Å²) in [5.74, 6) is -0.106. The molecule has 0 fully saturated rings. The second-order valence-corrected chi connectivity index (χ2v) is 8.49. The zero-order valence-electron chi connectivity index (χ0n) is 17.1. The Morgan fingerprint density at radius 3 is 2.55 bits per heavy atom. The largest absolute Gasteiger partial charge is 0.325 e. The zero-order valence-corrected chi connectivity index (χ0v) is 18.6. The maximum atomic E-state index is 13.3. The van der Waals surface area contributed by atoms with Crippen molar-refractivity contribution >= 4 is 45.9 Å². The third-order valence-electron chi connectivity index (χ3n) is 4.89. The Labute approximate surface area is 189 Å². The number of hydrogen-bond donors (Lipinski definition) is 1. The number of benzene rings is 3. The number of para-hydroxylation sites is 2. The van der Waals surface area contributed by atoms with Gasteiger partial charge < -0.3 is 5.32 Å². The predicted octanol–water partition coefficient (Wildman–Crippen LogP) is 5.39. The molecule has 0 saturated carbocycles. The van der Waals surface area contributed by atoms with Crippen LogP contribution >= 0.6 is 23.4 Å². The van der Waals surface area contributed by atoms with Gasteiger partial charge in [0.15, 0.2) is 5.16 Å². The molecule has 4 aromatic rings. The number of carbonyl (C=O) groups excluding carboxylic acids is 1. The van der Waals surface area contributed by atoms with Crippen LogP contribution in [0.2, 0.25) is 5.02 Å². The summed E-state index contributed by atoms with van der Waals surface area (Å²) in [6, 6.07) is 20.2. The van der Waals surface area contributed by atoms with E-state index in [4.69, 9.17) is 11.6 Å². The van der Waals surface area contributed by atoms with Crippen LogP contribution in [0.1, 0.15) is 11.1 Å². The van der Waals surface area contributed by atoms with E-state index in [0.717, 1.165) is 16.8 Å². The van der Waals surface area contributed by atoms with E-state index in [-0.39, 0.29) is 17.2 Å². The molecule has 0 aliphatic heterocycles. The first-order valence-electron chi connectivity index (χ1n) is 9.70. The summed E-state index contributed by atoms with van der Waals surface area (Å²) < 4.78 is 1.58. The van der Waals surface area contributed by atoms with Gasteiger partial charge in [0.25, 0.3) is 5.56 Å². The maximum absolute atomic E-state index is 13.3. The summed E-state index contributed by atoms with van der Waals surface area (Å²) in [6.45, 7) is 3.85. The van der Waals surface area contributed by atoms with Crippen molar-refractivity contribution in [3.05, 3.63) is 93.2 Å². The van der Waals surface area contributed by atoms with Crippen molar-refractivity contribution in [3.63, 3.8) is 0 Å². The zero-order chi connectivity index (χ0) is 22.0. The van der Waals surface area contributed by atoms with Crippen molar-refractivity contribution in [3.8, 4) is 5.69 Å². The highest BCUT2D eigenvalue weighted by Crippen LogP contribution is 2.24. The van der Waals surface area contributed by atoms with Crippen molar-refractivity contribution < 1.29 is 4.79 Å². The first-order chi connectivity index (χ1) is 14.9. The SMILES string of the molecule is Cc1ccc(NC(=O)CSc2nc3ccccc3c(=O)n2-c2ccccc2C)cc1Cl. The van der Waals surface area contributed by atoms with Gasteiger partial charge >= 0.3 is 0 Å². The molecule has 0 saturated heterocycles. The lowest BCUT2D eigenvalue weighted by Crippen LogP contribution is -2.23. The Balaban J connectivity index is 1.67. The molecule has 0 aliphatic carbocycles. The van der Waals surface area contributed by atoms with Gasteiger partial charge in [0.1, 0.15) is 0 Å². The molecule has 0 unspecified atom stereocenters. The van der Waals surface area contributed by atoms with Crippen LogP contribution in [0.15, 0.2) is 76.7 Å². The molecule has 156 valence electrons. The second-order valence-electron chi connectivity index (χ2n) is 7.14. The molecular weight excluding hydrogens is 430 g/mol. The summed E-state index contributed by atoms with van der Waals surface area (Å²) in [5.41, 5.74) is 3.71. The van der Waals surface area contributed by atoms with Crippen LogP contribution in [0.25, 0.3) is 16.6 Å². The van der Waals surface area contributed by atoms with Crippen LogP contribution < -0.4 is 10.9 Å². The molecule has 1 amide bonds. The third-order valence-corrected chi connectivity index (χ3v) is 6.24. The fraction of sp³-hybridized carbons (Fsp3) is 0.125. The first kappa shape index (κ1) is 21.2. The smallest absolute Gasteiger partial charge is 0.266 e. The van der Waals surface area contributed by atoms with Gasteiger partial charge in [-0.25, -0.2) is 4.98 Å². The Morgan fingerprint density at radius 2 is 1.77 bits per heavy atom. The lowest BCUT2D eigenvalue weighted by molar-refractivity contribution is -0.113. The quantitative estimate of drug-likeness (QED) is 0.328. The van der Waals surface area contributed by atoms with Crippen molar-refractivity contribution in [2.24, 2.45) is 0 Å². The average Bonchev–Trinajstić information content (AvgIpc) is 2.76. The Morgan fingerprint density at radius 1 is 1.03 bits per heavy atom. The van der Waals surface area contributed by atoms with E-state index in [1.165, 1.54) is 11.8 Å². The number of halogens is 1. The Kier molecular flexibility index (Phi) is 6.11. The van der Waals surface area contributed by atoms with Crippen molar-refractivity contribution in [1.82, 2.24) is 9.55 Å². The highest BCUT2D eigenvalue weighted by atomic mass is 35.5. The fourth-order valence-corrected chi connectivity index (χ4v) is 4.22. The van der Waals surface area contributed by atoms with Gasteiger partial charge in [0.2, 0.25) is 5.91 Å². The van der Waals surface area contributed by atoms with Crippen LogP contribution in [0.4, 0.5) is 5.69 Å². The summed E-state index contributed by atoms with van der Waals surface area (Å²) in [7, 11) is 0. The summed E-state index contributed by atoms with van der Waals surface area (Å²) in [5, 5.41) is 4.44. The number of nitrogens with one attached hydrogen (secondary N) is 1. The van der Waals surface area contributed by atoms with Crippen molar-refractivity contribution in [2.75, 3.05) is 11.1 Å². The van der Waals surface area contributed by atoms with Gasteiger partial charge in [-0.2, -0.15) is 0 Å². The summed E-state index contributed by atoms with van der Waals surface area (Å²) in [6.07, 6.45) is 0. The van der Waals surface area contributed by atoms with Gasteiger partial charge in [-0.15, -0.1) is 0 Å². The molecule has 0 bridgehead atoms. The van der Waals surface area contributed by atoms with Crippen molar-refractivity contribution in [2.45, 2.75) is 19.0 Å². The molecule has 3 aromatic carbocycles. The maximum Gasteiger partial charge on any atom is 0.266 e. The number of hydrogen-bond acceptors (Lipinski definition) is 4. The van der Waals surface area contributed by atoms with E-state index in [1.54, 1.807) is 28.8 Å². The van der Waals surface area contributed by atoms with Crippen LogP contribution in [0.5, 0.6) is 0 Å². The number of thioether (sulfide) groups is 1. The van der Waals surface area contributed by atoms with Crippen molar-refractivity contribution in [1.29, 1.82) is 0 Å². The van der Waals surface area contributed by atoms with Crippen LogP contribution in [0.3, 0.4) is 0 Å². The molecule has 0 spiro atoms. The highest BCUT2D eigenvalue weighted by molar-refractivity contribution is 7.99.